The number of methoxy groups -OCH3 is 1. The topological polar surface area (TPSA) is 39.1 Å². The highest BCUT2D eigenvalue weighted by Gasteiger charge is 2.18. The summed E-state index contributed by atoms with van der Waals surface area (Å²) in [4.78, 5) is 4.30. The number of benzene rings is 1. The molecule has 5 heteroatoms. The molecule has 1 aromatic carbocycles. The van der Waals surface area contributed by atoms with Gasteiger partial charge >= 0.3 is 0 Å². The Kier molecular flexibility index (Phi) is 4.16. The van der Waals surface area contributed by atoms with E-state index in [2.05, 4.69) is 10.3 Å². The van der Waals surface area contributed by atoms with Crippen molar-refractivity contribution in [1.29, 1.82) is 0 Å². The molecular weight excluding hydrogens is 245 g/mol. The predicted octanol–water partition coefficient (Wildman–Crippen LogP) is 2.07. The van der Waals surface area contributed by atoms with Crippen LogP contribution in [0.4, 0.5) is 4.39 Å². The summed E-state index contributed by atoms with van der Waals surface area (Å²) in [6, 6.07) is 5.14. The largest absolute Gasteiger partial charge is 0.494 e. The summed E-state index contributed by atoms with van der Waals surface area (Å²) < 4.78 is 21.1. The highest BCUT2D eigenvalue weighted by atomic mass is 19.1. The van der Waals surface area contributed by atoms with Gasteiger partial charge in [-0.05, 0) is 25.1 Å². The minimum Gasteiger partial charge on any atom is -0.494 e. The quantitative estimate of drug-likeness (QED) is 0.897. The van der Waals surface area contributed by atoms with Crippen molar-refractivity contribution in [3.05, 3.63) is 47.8 Å². The molecule has 1 atom stereocenters. The highest BCUT2D eigenvalue weighted by molar-refractivity contribution is 5.32. The number of imidazole rings is 1. The van der Waals surface area contributed by atoms with Gasteiger partial charge in [-0.25, -0.2) is 9.37 Å². The van der Waals surface area contributed by atoms with Gasteiger partial charge in [0, 0.05) is 19.4 Å². The zero-order valence-corrected chi connectivity index (χ0v) is 11.4. The van der Waals surface area contributed by atoms with Crippen LogP contribution < -0.4 is 10.1 Å². The van der Waals surface area contributed by atoms with Gasteiger partial charge in [-0.15, -0.1) is 0 Å². The maximum Gasteiger partial charge on any atom is 0.168 e. The van der Waals surface area contributed by atoms with Crippen LogP contribution in [0.25, 0.3) is 0 Å². The lowest BCUT2D eigenvalue weighted by molar-refractivity contribution is 0.382. The summed E-state index contributed by atoms with van der Waals surface area (Å²) in [5.41, 5.74) is 0.613. The molecule has 0 spiro atoms. The van der Waals surface area contributed by atoms with Crippen LogP contribution in [0.15, 0.2) is 30.6 Å². The molecule has 102 valence electrons. The second kappa shape index (κ2) is 5.84. The fraction of sp³-hybridized carbons (Fsp3) is 0.357. The van der Waals surface area contributed by atoms with E-state index in [9.17, 15) is 4.39 Å². The molecule has 0 bridgehead atoms. The monoisotopic (exact) mass is 263 g/mol. The van der Waals surface area contributed by atoms with E-state index in [4.69, 9.17) is 4.74 Å². The van der Waals surface area contributed by atoms with Gasteiger partial charge in [0.1, 0.15) is 5.82 Å². The minimum atomic E-state index is -0.306. The Morgan fingerprint density at radius 2 is 2.26 bits per heavy atom. The predicted molar refractivity (Wildman–Crippen MR) is 71.7 cm³/mol. The average Bonchev–Trinajstić information content (AvgIpc) is 2.84. The van der Waals surface area contributed by atoms with E-state index in [1.54, 1.807) is 24.4 Å². The van der Waals surface area contributed by atoms with E-state index in [-0.39, 0.29) is 17.6 Å². The molecule has 1 unspecified atom stereocenters. The second-order valence-electron chi connectivity index (χ2n) is 4.38. The zero-order valence-electron chi connectivity index (χ0n) is 11.4. The van der Waals surface area contributed by atoms with E-state index >= 15 is 0 Å². The van der Waals surface area contributed by atoms with Gasteiger partial charge < -0.3 is 14.6 Å². The van der Waals surface area contributed by atoms with Crippen molar-refractivity contribution in [3.63, 3.8) is 0 Å². The maximum absolute atomic E-state index is 14.1. The number of nitrogens with zero attached hydrogens (tertiary/aromatic N) is 2. The van der Waals surface area contributed by atoms with Crippen LogP contribution in [-0.4, -0.2) is 23.7 Å². The van der Waals surface area contributed by atoms with Crippen molar-refractivity contribution < 1.29 is 9.13 Å². The smallest absolute Gasteiger partial charge is 0.168 e. The number of rotatable bonds is 5. The molecule has 0 radical (unpaired) electrons. The Morgan fingerprint density at radius 3 is 2.84 bits per heavy atom. The van der Waals surface area contributed by atoms with Crippen LogP contribution in [-0.2, 0) is 13.5 Å². The fourth-order valence-corrected chi connectivity index (χ4v) is 2.13. The first-order valence-corrected chi connectivity index (χ1v) is 6.13. The maximum atomic E-state index is 14.1. The fourth-order valence-electron chi connectivity index (χ4n) is 2.13. The first-order valence-electron chi connectivity index (χ1n) is 6.13. The van der Waals surface area contributed by atoms with Crippen LogP contribution in [0.2, 0.25) is 0 Å². The van der Waals surface area contributed by atoms with E-state index in [0.29, 0.717) is 12.0 Å². The average molecular weight is 263 g/mol. The van der Waals surface area contributed by atoms with Gasteiger partial charge in [0.25, 0.3) is 0 Å². The first-order chi connectivity index (χ1) is 9.17. The molecule has 1 heterocycles. The molecule has 0 amide bonds. The lowest BCUT2D eigenvalue weighted by atomic mass is 10.0. The number of halogens is 1. The molecule has 0 aliphatic rings. The van der Waals surface area contributed by atoms with Gasteiger partial charge in [-0.1, -0.05) is 12.1 Å². The Labute approximate surface area is 112 Å². The summed E-state index contributed by atoms with van der Waals surface area (Å²) in [6.07, 6.45) is 4.13. The van der Waals surface area contributed by atoms with E-state index in [1.807, 2.05) is 24.9 Å². The molecule has 0 fully saturated rings. The van der Waals surface area contributed by atoms with Gasteiger partial charge in [0.2, 0.25) is 0 Å². The number of aryl methyl sites for hydroxylation is 1. The van der Waals surface area contributed by atoms with Gasteiger partial charge in [0.05, 0.1) is 13.2 Å². The number of likely N-dealkylation sites (N-methyl/N-ethyl adjacent to an activating group) is 1. The number of hydrogen-bond donors (Lipinski definition) is 1. The first kappa shape index (κ1) is 13.5. The third-order valence-electron chi connectivity index (χ3n) is 3.21. The molecule has 2 aromatic rings. The molecular formula is C14H18FN3O. The SMILES string of the molecule is CNC(Cc1cccc(OC)c1F)c1nccn1C. The van der Waals surface area contributed by atoms with Gasteiger partial charge in [-0.3, -0.25) is 0 Å². The van der Waals surface area contributed by atoms with Crippen LogP contribution in [0, 0.1) is 5.82 Å². The van der Waals surface area contributed by atoms with Crippen LogP contribution in [0.3, 0.4) is 0 Å². The molecule has 19 heavy (non-hydrogen) atoms. The Morgan fingerprint density at radius 1 is 1.47 bits per heavy atom. The van der Waals surface area contributed by atoms with Crippen molar-refractivity contribution in [2.24, 2.45) is 7.05 Å². The lowest BCUT2D eigenvalue weighted by Gasteiger charge is -2.17. The molecule has 4 nitrogen and oxygen atoms in total. The lowest BCUT2D eigenvalue weighted by Crippen LogP contribution is -2.22. The van der Waals surface area contributed by atoms with Crippen molar-refractivity contribution in [2.75, 3.05) is 14.2 Å². The summed E-state index contributed by atoms with van der Waals surface area (Å²) in [5, 5.41) is 3.17. The normalized spacial score (nSPS) is 12.4. The van der Waals surface area contributed by atoms with Crippen LogP contribution in [0.5, 0.6) is 5.75 Å². The Hall–Kier alpha value is -1.88. The molecule has 1 aromatic heterocycles. The summed E-state index contributed by atoms with van der Waals surface area (Å²) >= 11 is 0. The van der Waals surface area contributed by atoms with E-state index < -0.39 is 0 Å². The summed E-state index contributed by atoms with van der Waals surface area (Å²) in [5.74, 6) is 0.844. The highest BCUT2D eigenvalue weighted by Crippen LogP contribution is 2.24. The molecule has 1 N–H and O–H groups in total. The van der Waals surface area contributed by atoms with Crippen molar-refractivity contribution >= 4 is 0 Å². The van der Waals surface area contributed by atoms with E-state index in [1.165, 1.54) is 7.11 Å². The third-order valence-corrected chi connectivity index (χ3v) is 3.21. The van der Waals surface area contributed by atoms with E-state index in [0.717, 1.165) is 5.82 Å². The van der Waals surface area contributed by atoms with Crippen molar-refractivity contribution in [3.8, 4) is 5.75 Å². The number of ether oxygens (including phenoxy) is 1. The van der Waals surface area contributed by atoms with Crippen LogP contribution in [0.1, 0.15) is 17.4 Å². The van der Waals surface area contributed by atoms with Crippen LogP contribution >= 0.6 is 0 Å². The molecule has 2 rings (SSSR count). The minimum absolute atomic E-state index is 0.0402. The standard InChI is InChI=1S/C14H18FN3O/c1-16-11(14-17-7-8-18(14)2)9-10-5-4-6-12(19-3)13(10)15/h4-8,11,16H,9H2,1-3H3. The van der Waals surface area contributed by atoms with Gasteiger partial charge in [-0.2, -0.15) is 0 Å². The number of hydrogen-bond acceptors (Lipinski definition) is 3. The zero-order chi connectivity index (χ0) is 13.8. The second-order valence-corrected chi connectivity index (χ2v) is 4.38. The summed E-state index contributed by atoms with van der Waals surface area (Å²) in [6.45, 7) is 0. The molecule has 0 saturated heterocycles. The van der Waals surface area contributed by atoms with Crippen molar-refractivity contribution in [2.45, 2.75) is 12.5 Å². The molecule has 0 aliphatic heterocycles. The Balaban J connectivity index is 2.27. The molecule has 0 aliphatic carbocycles. The van der Waals surface area contributed by atoms with Gasteiger partial charge in [0.15, 0.2) is 11.6 Å². The molecule has 0 saturated carbocycles. The van der Waals surface area contributed by atoms with Crippen molar-refractivity contribution in [1.82, 2.24) is 14.9 Å². The third kappa shape index (κ3) is 2.76. The Bertz CT molecular complexity index is 553. The number of aromatic nitrogens is 2. The summed E-state index contributed by atoms with van der Waals surface area (Å²) in [7, 11) is 5.24. The number of nitrogens with one attached hydrogen (secondary N) is 1.